The van der Waals surface area contributed by atoms with E-state index in [1.165, 1.54) is 6.20 Å². The maximum atomic E-state index is 11.8. The van der Waals surface area contributed by atoms with Crippen LogP contribution in [0.2, 0.25) is 0 Å². The van der Waals surface area contributed by atoms with Gasteiger partial charge in [-0.1, -0.05) is 20.8 Å². The lowest BCUT2D eigenvalue weighted by molar-refractivity contribution is 0.0945. The van der Waals surface area contributed by atoms with E-state index >= 15 is 0 Å². The summed E-state index contributed by atoms with van der Waals surface area (Å²) in [7, 11) is 0. The standard InChI is InChI=1S/C13H21N3O/c1-10-11(15-9-8-14-10)12(17)16-7-5-6-13(2,3)4/h8-9H,5-7H2,1-4H3,(H,16,17). The Labute approximate surface area is 103 Å². The summed E-state index contributed by atoms with van der Waals surface area (Å²) >= 11 is 0. The second kappa shape index (κ2) is 5.75. The van der Waals surface area contributed by atoms with Crippen molar-refractivity contribution in [2.75, 3.05) is 6.54 Å². The minimum Gasteiger partial charge on any atom is -0.351 e. The van der Waals surface area contributed by atoms with Crippen molar-refractivity contribution in [3.05, 3.63) is 23.8 Å². The van der Waals surface area contributed by atoms with Crippen LogP contribution in [0.4, 0.5) is 0 Å². The minimum atomic E-state index is -0.135. The molecule has 1 N–H and O–H groups in total. The topological polar surface area (TPSA) is 54.9 Å². The maximum Gasteiger partial charge on any atom is 0.271 e. The Balaban J connectivity index is 2.39. The Morgan fingerprint density at radius 1 is 1.29 bits per heavy atom. The van der Waals surface area contributed by atoms with Crippen molar-refractivity contribution < 1.29 is 4.79 Å². The Hall–Kier alpha value is -1.45. The summed E-state index contributed by atoms with van der Waals surface area (Å²) in [6, 6.07) is 0. The van der Waals surface area contributed by atoms with Crippen molar-refractivity contribution in [1.82, 2.24) is 15.3 Å². The van der Waals surface area contributed by atoms with E-state index in [0.717, 1.165) is 12.8 Å². The van der Waals surface area contributed by atoms with Crippen LogP contribution in [0.3, 0.4) is 0 Å². The number of nitrogens with one attached hydrogen (secondary N) is 1. The van der Waals surface area contributed by atoms with Crippen LogP contribution in [0.15, 0.2) is 12.4 Å². The molecule has 1 aromatic heterocycles. The van der Waals surface area contributed by atoms with Crippen LogP contribution in [0, 0.1) is 12.3 Å². The lowest BCUT2D eigenvalue weighted by atomic mass is 9.91. The highest BCUT2D eigenvalue weighted by atomic mass is 16.1. The molecule has 4 heteroatoms. The smallest absolute Gasteiger partial charge is 0.271 e. The van der Waals surface area contributed by atoms with Crippen LogP contribution >= 0.6 is 0 Å². The van der Waals surface area contributed by atoms with Gasteiger partial charge in [-0.25, -0.2) is 4.98 Å². The molecule has 0 spiro atoms. The van der Waals surface area contributed by atoms with E-state index in [4.69, 9.17) is 0 Å². The summed E-state index contributed by atoms with van der Waals surface area (Å²) in [6.45, 7) is 9.06. The largest absolute Gasteiger partial charge is 0.351 e. The van der Waals surface area contributed by atoms with Gasteiger partial charge in [0.05, 0.1) is 5.69 Å². The number of hydrogen-bond acceptors (Lipinski definition) is 3. The van der Waals surface area contributed by atoms with E-state index in [1.54, 1.807) is 13.1 Å². The van der Waals surface area contributed by atoms with Crippen molar-refractivity contribution >= 4 is 5.91 Å². The molecular weight excluding hydrogens is 214 g/mol. The number of carbonyl (C=O) groups is 1. The van der Waals surface area contributed by atoms with Gasteiger partial charge in [0.1, 0.15) is 5.69 Å². The first-order valence-corrected chi connectivity index (χ1v) is 5.96. The van der Waals surface area contributed by atoms with Gasteiger partial charge in [0.25, 0.3) is 5.91 Å². The minimum absolute atomic E-state index is 0.135. The second-order valence-corrected chi connectivity index (χ2v) is 5.41. The highest BCUT2D eigenvalue weighted by Crippen LogP contribution is 2.19. The monoisotopic (exact) mass is 235 g/mol. The molecule has 0 radical (unpaired) electrons. The van der Waals surface area contributed by atoms with Crippen molar-refractivity contribution in [3.63, 3.8) is 0 Å². The summed E-state index contributed by atoms with van der Waals surface area (Å²) in [4.78, 5) is 19.9. The maximum absolute atomic E-state index is 11.8. The number of hydrogen-bond donors (Lipinski definition) is 1. The number of amides is 1. The molecule has 0 saturated carbocycles. The van der Waals surface area contributed by atoms with E-state index in [2.05, 4.69) is 36.1 Å². The van der Waals surface area contributed by atoms with Gasteiger partial charge in [0.15, 0.2) is 0 Å². The predicted molar refractivity (Wildman–Crippen MR) is 67.8 cm³/mol. The Morgan fingerprint density at radius 2 is 1.94 bits per heavy atom. The van der Waals surface area contributed by atoms with Gasteiger partial charge in [-0.15, -0.1) is 0 Å². The van der Waals surface area contributed by atoms with E-state index < -0.39 is 0 Å². The number of aromatic nitrogens is 2. The highest BCUT2D eigenvalue weighted by Gasteiger charge is 2.12. The number of nitrogens with zero attached hydrogens (tertiary/aromatic N) is 2. The lowest BCUT2D eigenvalue weighted by Gasteiger charge is -2.17. The van der Waals surface area contributed by atoms with Gasteiger partial charge in [-0.2, -0.15) is 0 Å². The first kappa shape index (κ1) is 13.6. The summed E-state index contributed by atoms with van der Waals surface area (Å²) in [5, 5.41) is 2.87. The molecule has 0 fully saturated rings. The SMILES string of the molecule is Cc1nccnc1C(=O)NCCCC(C)(C)C. The highest BCUT2D eigenvalue weighted by molar-refractivity contribution is 5.93. The molecule has 0 unspecified atom stereocenters. The molecule has 1 aromatic rings. The van der Waals surface area contributed by atoms with Crippen LogP contribution in [0.1, 0.15) is 49.8 Å². The molecule has 0 aromatic carbocycles. The second-order valence-electron chi connectivity index (χ2n) is 5.41. The molecule has 0 aliphatic rings. The van der Waals surface area contributed by atoms with Crippen molar-refractivity contribution in [3.8, 4) is 0 Å². The first-order chi connectivity index (χ1) is 7.90. The molecule has 1 amide bonds. The molecule has 0 bridgehead atoms. The van der Waals surface area contributed by atoms with Crippen LogP contribution < -0.4 is 5.32 Å². The van der Waals surface area contributed by atoms with Crippen LogP contribution in [-0.4, -0.2) is 22.4 Å². The number of rotatable bonds is 4. The predicted octanol–water partition coefficient (Wildman–Crippen LogP) is 2.34. The third-order valence-corrected chi connectivity index (χ3v) is 2.49. The zero-order valence-corrected chi connectivity index (χ0v) is 11.1. The van der Waals surface area contributed by atoms with Crippen LogP contribution in [-0.2, 0) is 0 Å². The molecule has 0 aliphatic carbocycles. The first-order valence-electron chi connectivity index (χ1n) is 5.96. The van der Waals surface area contributed by atoms with Crippen molar-refractivity contribution in [1.29, 1.82) is 0 Å². The van der Waals surface area contributed by atoms with E-state index in [9.17, 15) is 4.79 Å². The fourth-order valence-corrected chi connectivity index (χ4v) is 1.53. The summed E-state index contributed by atoms with van der Waals surface area (Å²) in [6.07, 6.45) is 5.20. The number of carbonyl (C=O) groups excluding carboxylic acids is 1. The van der Waals surface area contributed by atoms with Gasteiger partial charge in [-0.3, -0.25) is 9.78 Å². The van der Waals surface area contributed by atoms with Crippen LogP contribution in [0.25, 0.3) is 0 Å². The molecule has 0 aliphatic heterocycles. The van der Waals surface area contributed by atoms with Gasteiger partial charge in [-0.05, 0) is 25.2 Å². The molecule has 0 atom stereocenters. The van der Waals surface area contributed by atoms with E-state index in [0.29, 0.717) is 23.3 Å². The molecule has 17 heavy (non-hydrogen) atoms. The summed E-state index contributed by atoms with van der Waals surface area (Å²) < 4.78 is 0. The molecule has 1 heterocycles. The molecule has 1 rings (SSSR count). The average molecular weight is 235 g/mol. The normalized spacial score (nSPS) is 11.3. The van der Waals surface area contributed by atoms with Gasteiger partial charge in [0, 0.05) is 18.9 Å². The fraction of sp³-hybridized carbons (Fsp3) is 0.615. The lowest BCUT2D eigenvalue weighted by Crippen LogP contribution is -2.27. The third kappa shape index (κ3) is 4.93. The zero-order valence-electron chi connectivity index (χ0n) is 11.1. The van der Waals surface area contributed by atoms with E-state index in [1.807, 2.05) is 0 Å². The molecule has 0 saturated heterocycles. The quantitative estimate of drug-likeness (QED) is 0.815. The summed E-state index contributed by atoms with van der Waals surface area (Å²) in [5.74, 6) is -0.135. The van der Waals surface area contributed by atoms with Gasteiger partial charge < -0.3 is 5.32 Å². The van der Waals surface area contributed by atoms with Crippen molar-refractivity contribution in [2.24, 2.45) is 5.41 Å². The Kier molecular flexibility index (Phi) is 4.61. The average Bonchev–Trinajstić information content (AvgIpc) is 2.23. The van der Waals surface area contributed by atoms with Gasteiger partial charge in [0.2, 0.25) is 0 Å². The van der Waals surface area contributed by atoms with Crippen LogP contribution in [0.5, 0.6) is 0 Å². The van der Waals surface area contributed by atoms with E-state index in [-0.39, 0.29) is 5.91 Å². The third-order valence-electron chi connectivity index (χ3n) is 2.49. The zero-order chi connectivity index (χ0) is 12.9. The molecule has 4 nitrogen and oxygen atoms in total. The Bertz CT molecular complexity index is 382. The van der Waals surface area contributed by atoms with Crippen molar-refractivity contribution in [2.45, 2.75) is 40.5 Å². The molecule has 94 valence electrons. The molecular formula is C13H21N3O. The fourth-order valence-electron chi connectivity index (χ4n) is 1.53. The number of aryl methyl sites for hydroxylation is 1. The summed E-state index contributed by atoms with van der Waals surface area (Å²) in [5.41, 5.74) is 1.40. The van der Waals surface area contributed by atoms with Gasteiger partial charge >= 0.3 is 0 Å². The Morgan fingerprint density at radius 3 is 2.53 bits per heavy atom.